The normalized spacial score (nSPS) is 22.6. The molecular formula is C16H16N4O. The zero-order valence-corrected chi connectivity index (χ0v) is 11.9. The van der Waals surface area contributed by atoms with Crippen LogP contribution >= 0.6 is 0 Å². The topological polar surface area (TPSA) is 57.3 Å². The summed E-state index contributed by atoms with van der Waals surface area (Å²) in [5, 5.41) is 6.89. The highest BCUT2D eigenvalue weighted by Gasteiger charge is 2.34. The van der Waals surface area contributed by atoms with E-state index in [-0.39, 0.29) is 18.0 Å². The van der Waals surface area contributed by atoms with Crippen LogP contribution in [0.1, 0.15) is 30.1 Å². The molecule has 5 heteroatoms. The van der Waals surface area contributed by atoms with Crippen LogP contribution < -0.4 is 15.5 Å². The summed E-state index contributed by atoms with van der Waals surface area (Å²) < 4.78 is 0. The third-order valence-corrected chi connectivity index (χ3v) is 4.31. The van der Waals surface area contributed by atoms with Crippen LogP contribution in [-0.2, 0) is 4.79 Å². The predicted molar refractivity (Wildman–Crippen MR) is 82.5 cm³/mol. The van der Waals surface area contributed by atoms with E-state index < -0.39 is 0 Å². The number of hydrogen-bond acceptors (Lipinski definition) is 4. The SMILES string of the molecule is CC1C(=O)N(C)c2cc3c(cc21)NC(c1cccnc1)N3. The van der Waals surface area contributed by atoms with E-state index in [9.17, 15) is 4.79 Å². The molecule has 1 amide bonds. The van der Waals surface area contributed by atoms with Gasteiger partial charge in [0.25, 0.3) is 0 Å². The van der Waals surface area contributed by atoms with E-state index in [0.29, 0.717) is 0 Å². The highest BCUT2D eigenvalue weighted by molar-refractivity contribution is 6.06. The maximum Gasteiger partial charge on any atom is 0.234 e. The van der Waals surface area contributed by atoms with Crippen molar-refractivity contribution in [2.75, 3.05) is 22.6 Å². The van der Waals surface area contributed by atoms with Gasteiger partial charge in [0.1, 0.15) is 6.17 Å². The third kappa shape index (κ3) is 1.70. The summed E-state index contributed by atoms with van der Waals surface area (Å²) >= 11 is 0. The Kier molecular flexibility index (Phi) is 2.45. The third-order valence-electron chi connectivity index (χ3n) is 4.31. The van der Waals surface area contributed by atoms with E-state index >= 15 is 0 Å². The molecule has 0 bridgehead atoms. The number of amides is 1. The molecule has 5 nitrogen and oxygen atoms in total. The second kappa shape index (κ2) is 4.22. The van der Waals surface area contributed by atoms with Gasteiger partial charge in [-0.15, -0.1) is 0 Å². The molecule has 1 aromatic carbocycles. The lowest BCUT2D eigenvalue weighted by atomic mass is 10.0. The van der Waals surface area contributed by atoms with E-state index in [4.69, 9.17) is 0 Å². The number of carbonyl (C=O) groups excluding carboxylic acids is 1. The summed E-state index contributed by atoms with van der Waals surface area (Å²) in [6, 6.07) is 8.10. The molecule has 2 N–H and O–H groups in total. The molecule has 0 saturated carbocycles. The average molecular weight is 280 g/mol. The van der Waals surface area contributed by atoms with Crippen molar-refractivity contribution < 1.29 is 4.79 Å². The maximum atomic E-state index is 12.1. The van der Waals surface area contributed by atoms with Crippen molar-refractivity contribution in [1.82, 2.24) is 4.98 Å². The molecule has 1 aromatic heterocycles. The maximum absolute atomic E-state index is 12.1. The molecular weight excluding hydrogens is 264 g/mol. The van der Waals surface area contributed by atoms with Gasteiger partial charge in [-0.2, -0.15) is 0 Å². The lowest BCUT2D eigenvalue weighted by Gasteiger charge is -2.12. The molecule has 21 heavy (non-hydrogen) atoms. The summed E-state index contributed by atoms with van der Waals surface area (Å²) in [4.78, 5) is 17.9. The van der Waals surface area contributed by atoms with Gasteiger partial charge in [0.2, 0.25) is 5.91 Å². The van der Waals surface area contributed by atoms with Gasteiger partial charge in [-0.25, -0.2) is 0 Å². The summed E-state index contributed by atoms with van der Waals surface area (Å²) in [6.07, 6.45) is 3.64. The van der Waals surface area contributed by atoms with Crippen LogP contribution in [0.3, 0.4) is 0 Å². The van der Waals surface area contributed by atoms with Gasteiger partial charge in [-0.05, 0) is 30.7 Å². The number of nitrogens with one attached hydrogen (secondary N) is 2. The molecule has 0 fully saturated rings. The fraction of sp³-hybridized carbons (Fsp3) is 0.250. The number of likely N-dealkylation sites (N-methyl/N-ethyl adjacent to an activating group) is 1. The molecule has 106 valence electrons. The highest BCUT2D eigenvalue weighted by atomic mass is 16.2. The zero-order chi connectivity index (χ0) is 14.6. The molecule has 2 aromatic rings. The highest BCUT2D eigenvalue weighted by Crippen LogP contribution is 2.45. The molecule has 0 spiro atoms. The molecule has 2 aliphatic rings. The Morgan fingerprint density at radius 2 is 2.00 bits per heavy atom. The fourth-order valence-corrected chi connectivity index (χ4v) is 3.08. The van der Waals surface area contributed by atoms with Gasteiger partial charge in [0, 0.05) is 30.7 Å². The standard InChI is InChI=1S/C16H16N4O/c1-9-11-6-12-13(7-14(11)20(2)16(9)21)19-15(18-12)10-4-3-5-17-8-10/h3-9,15,18-19H,1-2H3. The number of benzene rings is 1. The van der Waals surface area contributed by atoms with E-state index in [1.165, 1.54) is 0 Å². The average Bonchev–Trinajstić information content (AvgIpc) is 3.02. The van der Waals surface area contributed by atoms with E-state index in [2.05, 4.69) is 27.8 Å². The Hall–Kier alpha value is -2.56. The first kappa shape index (κ1) is 12.2. The smallest absolute Gasteiger partial charge is 0.234 e. The van der Waals surface area contributed by atoms with Crippen LogP contribution in [0.2, 0.25) is 0 Å². The summed E-state index contributed by atoms with van der Waals surface area (Å²) in [7, 11) is 1.83. The van der Waals surface area contributed by atoms with Crippen molar-refractivity contribution in [3.8, 4) is 0 Å². The number of pyridine rings is 1. The Labute approximate surface area is 123 Å². The second-order valence-electron chi connectivity index (χ2n) is 5.58. The Bertz CT molecular complexity index is 688. The van der Waals surface area contributed by atoms with Crippen LogP contribution in [0.25, 0.3) is 0 Å². The molecule has 0 aliphatic carbocycles. The van der Waals surface area contributed by atoms with E-state index in [0.717, 1.165) is 28.2 Å². The predicted octanol–water partition coefficient (Wildman–Crippen LogP) is 2.70. The van der Waals surface area contributed by atoms with Crippen molar-refractivity contribution in [2.24, 2.45) is 0 Å². The summed E-state index contributed by atoms with van der Waals surface area (Å²) in [5.41, 5.74) is 5.23. The van der Waals surface area contributed by atoms with Crippen LogP contribution in [0.5, 0.6) is 0 Å². The van der Waals surface area contributed by atoms with Crippen LogP contribution in [-0.4, -0.2) is 17.9 Å². The van der Waals surface area contributed by atoms with Crippen molar-refractivity contribution in [3.05, 3.63) is 47.8 Å². The molecule has 2 unspecified atom stereocenters. The first-order valence-electron chi connectivity index (χ1n) is 7.03. The minimum atomic E-state index is -0.0745. The van der Waals surface area contributed by atoms with Crippen LogP contribution in [0.4, 0.5) is 17.1 Å². The summed E-state index contributed by atoms with van der Waals surface area (Å²) in [6.45, 7) is 1.96. The van der Waals surface area contributed by atoms with Crippen molar-refractivity contribution in [3.63, 3.8) is 0 Å². The minimum absolute atomic E-state index is 0.0209. The molecule has 2 aliphatic heterocycles. The largest absolute Gasteiger partial charge is 0.360 e. The number of aromatic nitrogens is 1. The molecule has 0 radical (unpaired) electrons. The van der Waals surface area contributed by atoms with Gasteiger partial charge in [-0.3, -0.25) is 9.78 Å². The van der Waals surface area contributed by atoms with Crippen LogP contribution in [0.15, 0.2) is 36.7 Å². The Balaban J connectivity index is 1.71. The number of carbonyl (C=O) groups is 1. The van der Waals surface area contributed by atoms with Gasteiger partial charge < -0.3 is 15.5 Å². The monoisotopic (exact) mass is 280 g/mol. The van der Waals surface area contributed by atoms with Crippen molar-refractivity contribution in [1.29, 1.82) is 0 Å². The molecule has 3 heterocycles. The zero-order valence-electron chi connectivity index (χ0n) is 11.9. The number of nitrogens with zero attached hydrogens (tertiary/aromatic N) is 2. The fourth-order valence-electron chi connectivity index (χ4n) is 3.08. The number of fused-ring (bicyclic) bond motifs is 2. The molecule has 2 atom stereocenters. The molecule has 0 saturated heterocycles. The first-order chi connectivity index (χ1) is 10.1. The Morgan fingerprint density at radius 3 is 2.71 bits per heavy atom. The van der Waals surface area contributed by atoms with Gasteiger partial charge in [0.05, 0.1) is 17.3 Å². The number of rotatable bonds is 1. The summed E-state index contributed by atoms with van der Waals surface area (Å²) in [5.74, 6) is 0.0759. The van der Waals surface area contributed by atoms with Crippen LogP contribution in [0, 0.1) is 0 Å². The van der Waals surface area contributed by atoms with E-state index in [1.807, 2.05) is 32.3 Å². The number of hydrogen-bond donors (Lipinski definition) is 2. The minimum Gasteiger partial charge on any atom is -0.360 e. The molecule has 4 rings (SSSR count). The second-order valence-corrected chi connectivity index (χ2v) is 5.58. The van der Waals surface area contributed by atoms with Gasteiger partial charge in [0.15, 0.2) is 0 Å². The lowest BCUT2D eigenvalue weighted by Crippen LogP contribution is -2.22. The van der Waals surface area contributed by atoms with Crippen molar-refractivity contribution >= 4 is 23.0 Å². The van der Waals surface area contributed by atoms with Gasteiger partial charge in [-0.1, -0.05) is 6.07 Å². The lowest BCUT2D eigenvalue weighted by molar-refractivity contribution is -0.118. The first-order valence-corrected chi connectivity index (χ1v) is 7.03. The van der Waals surface area contributed by atoms with E-state index in [1.54, 1.807) is 11.1 Å². The van der Waals surface area contributed by atoms with Gasteiger partial charge >= 0.3 is 0 Å². The quantitative estimate of drug-likeness (QED) is 0.843. The van der Waals surface area contributed by atoms with Crippen molar-refractivity contribution in [2.45, 2.75) is 19.0 Å². The number of anilines is 3. The Morgan fingerprint density at radius 1 is 1.24 bits per heavy atom.